The number of carboxylic acid groups (broad SMARTS) is 1. The maximum atomic E-state index is 13.2. The summed E-state index contributed by atoms with van der Waals surface area (Å²) in [6, 6.07) is 5.72. The largest absolute Gasteiger partial charge is 0.497 e. The first-order chi connectivity index (χ1) is 15.4. The van der Waals surface area contributed by atoms with Gasteiger partial charge < -0.3 is 24.6 Å². The number of carboxylic acids is 1. The number of carbonyl (C=O) groups excluding carboxylic acids is 2. The topological polar surface area (TPSA) is 111 Å². The van der Waals surface area contributed by atoms with E-state index in [0.717, 1.165) is 40.2 Å². The Morgan fingerprint density at radius 1 is 1.12 bits per heavy atom. The van der Waals surface area contributed by atoms with Gasteiger partial charge in [0, 0.05) is 10.4 Å². The molecular weight excluding hydrogens is 434 g/mol. The molecule has 2 bridgehead atoms. The van der Waals surface area contributed by atoms with Crippen molar-refractivity contribution in [2.75, 3.05) is 19.5 Å². The average molecular weight is 458 g/mol. The Hall–Kier alpha value is -2.91. The first-order valence-electron chi connectivity index (χ1n) is 10.5. The van der Waals surface area contributed by atoms with Gasteiger partial charge in [0.1, 0.15) is 16.3 Å². The normalized spacial score (nSPS) is 25.1. The number of methoxy groups -OCH3 is 2. The Labute approximate surface area is 188 Å². The van der Waals surface area contributed by atoms with Crippen molar-refractivity contribution >= 4 is 34.2 Å². The summed E-state index contributed by atoms with van der Waals surface area (Å²) in [5.74, 6) is -2.92. The fraction of sp³-hybridized carbons (Fsp3) is 0.435. The molecule has 0 spiro atoms. The van der Waals surface area contributed by atoms with Crippen LogP contribution in [0.3, 0.4) is 0 Å². The average Bonchev–Trinajstić information content (AvgIpc) is 3.50. The van der Waals surface area contributed by atoms with E-state index in [1.54, 1.807) is 7.11 Å². The first-order valence-corrected chi connectivity index (χ1v) is 11.3. The predicted molar refractivity (Wildman–Crippen MR) is 116 cm³/mol. The summed E-state index contributed by atoms with van der Waals surface area (Å²) < 4.78 is 16.1. The Balaban J connectivity index is 1.53. The van der Waals surface area contributed by atoms with Gasteiger partial charge in [0.25, 0.3) is 0 Å². The molecule has 0 unspecified atom stereocenters. The van der Waals surface area contributed by atoms with Crippen LogP contribution in [0, 0.1) is 11.8 Å². The summed E-state index contributed by atoms with van der Waals surface area (Å²) in [5.41, 5.74) is 3.05. The van der Waals surface area contributed by atoms with Crippen molar-refractivity contribution in [3.8, 4) is 16.9 Å². The number of hydrogen-bond acceptors (Lipinski definition) is 7. The van der Waals surface area contributed by atoms with Gasteiger partial charge in [-0.05, 0) is 48.9 Å². The minimum Gasteiger partial charge on any atom is -0.497 e. The van der Waals surface area contributed by atoms with Crippen LogP contribution in [0.15, 0.2) is 18.2 Å². The second kappa shape index (κ2) is 7.90. The van der Waals surface area contributed by atoms with Crippen LogP contribution in [-0.2, 0) is 31.9 Å². The third kappa shape index (κ3) is 3.18. The fourth-order valence-corrected chi connectivity index (χ4v) is 6.44. The maximum Gasteiger partial charge on any atom is 0.341 e. The quantitative estimate of drug-likeness (QED) is 0.664. The number of esters is 1. The summed E-state index contributed by atoms with van der Waals surface area (Å²) in [4.78, 5) is 38.8. The minimum atomic E-state index is -1.03. The molecule has 3 aliphatic rings. The number of aliphatic carboxylic acids is 1. The van der Waals surface area contributed by atoms with Gasteiger partial charge in [-0.2, -0.15) is 0 Å². The van der Waals surface area contributed by atoms with Crippen molar-refractivity contribution in [2.45, 2.75) is 37.9 Å². The minimum absolute atomic E-state index is 0.308. The zero-order valence-electron chi connectivity index (χ0n) is 17.7. The van der Waals surface area contributed by atoms with Crippen molar-refractivity contribution in [3.63, 3.8) is 0 Å². The van der Waals surface area contributed by atoms with Crippen molar-refractivity contribution in [2.24, 2.45) is 11.8 Å². The molecule has 9 heteroatoms. The molecule has 32 heavy (non-hydrogen) atoms. The van der Waals surface area contributed by atoms with Crippen LogP contribution in [0.5, 0.6) is 5.75 Å². The number of fused-ring (bicyclic) bond motifs is 5. The zero-order chi connectivity index (χ0) is 22.6. The molecule has 2 aliphatic heterocycles. The number of carbonyl (C=O) groups is 3. The molecule has 8 nitrogen and oxygen atoms in total. The van der Waals surface area contributed by atoms with E-state index in [1.165, 1.54) is 18.4 Å². The van der Waals surface area contributed by atoms with Gasteiger partial charge in [-0.25, -0.2) is 4.79 Å². The van der Waals surface area contributed by atoms with Gasteiger partial charge in [0.15, 0.2) is 0 Å². The van der Waals surface area contributed by atoms with Gasteiger partial charge in [0.05, 0.1) is 38.3 Å². The highest BCUT2D eigenvalue weighted by Crippen LogP contribution is 2.48. The molecule has 0 saturated carbocycles. The number of benzene rings is 1. The summed E-state index contributed by atoms with van der Waals surface area (Å²) in [6.07, 6.45) is 1.96. The van der Waals surface area contributed by atoms with E-state index in [1.807, 2.05) is 18.2 Å². The lowest BCUT2D eigenvalue weighted by Crippen LogP contribution is -2.41. The molecule has 0 radical (unpaired) electrons. The van der Waals surface area contributed by atoms with E-state index in [0.29, 0.717) is 23.4 Å². The van der Waals surface area contributed by atoms with Gasteiger partial charge in [-0.3, -0.25) is 9.59 Å². The van der Waals surface area contributed by atoms with Crippen LogP contribution < -0.4 is 10.1 Å². The second-order valence-corrected chi connectivity index (χ2v) is 9.39. The lowest BCUT2D eigenvalue weighted by Gasteiger charge is -2.23. The van der Waals surface area contributed by atoms with E-state index >= 15 is 0 Å². The van der Waals surface area contributed by atoms with Gasteiger partial charge in [0.2, 0.25) is 5.91 Å². The number of anilines is 1. The molecule has 168 valence electrons. The highest BCUT2D eigenvalue weighted by Gasteiger charge is 2.55. The zero-order valence-corrected chi connectivity index (χ0v) is 18.5. The van der Waals surface area contributed by atoms with Crippen molar-refractivity contribution in [1.82, 2.24) is 0 Å². The van der Waals surface area contributed by atoms with Crippen LogP contribution in [0.25, 0.3) is 11.1 Å². The Morgan fingerprint density at radius 2 is 1.88 bits per heavy atom. The molecule has 1 aromatic carbocycles. The van der Waals surface area contributed by atoms with E-state index in [4.69, 9.17) is 14.2 Å². The molecule has 1 aliphatic carbocycles. The monoisotopic (exact) mass is 457 g/mol. The number of aryl methyl sites for hydroxylation is 2. The lowest BCUT2D eigenvalue weighted by atomic mass is 9.78. The van der Waals surface area contributed by atoms with Crippen LogP contribution in [0.4, 0.5) is 5.00 Å². The highest BCUT2D eigenvalue weighted by atomic mass is 32.1. The van der Waals surface area contributed by atoms with Crippen LogP contribution in [0.2, 0.25) is 0 Å². The summed E-state index contributed by atoms with van der Waals surface area (Å²) in [6.45, 7) is 0. The van der Waals surface area contributed by atoms with E-state index < -0.39 is 41.9 Å². The Bertz CT molecular complexity index is 1120. The smallest absolute Gasteiger partial charge is 0.341 e. The Kier molecular flexibility index (Phi) is 5.17. The number of ether oxygens (including phenoxy) is 3. The van der Waals surface area contributed by atoms with Gasteiger partial charge >= 0.3 is 11.9 Å². The molecule has 5 rings (SSSR count). The second-order valence-electron chi connectivity index (χ2n) is 8.29. The molecule has 2 saturated heterocycles. The molecule has 1 amide bonds. The molecule has 4 atom stereocenters. The Morgan fingerprint density at radius 3 is 2.56 bits per heavy atom. The van der Waals surface area contributed by atoms with E-state index in [-0.39, 0.29) is 0 Å². The van der Waals surface area contributed by atoms with Gasteiger partial charge in [-0.15, -0.1) is 11.3 Å². The number of hydrogen-bond donors (Lipinski definition) is 2. The van der Waals surface area contributed by atoms with Crippen molar-refractivity contribution < 1.29 is 33.7 Å². The third-order valence-electron chi connectivity index (χ3n) is 6.67. The molecule has 2 fully saturated rings. The summed E-state index contributed by atoms with van der Waals surface area (Å²) in [7, 11) is 2.91. The number of rotatable bonds is 5. The van der Waals surface area contributed by atoms with E-state index in [2.05, 4.69) is 5.32 Å². The van der Waals surface area contributed by atoms with Crippen LogP contribution in [-0.4, -0.2) is 49.4 Å². The highest BCUT2D eigenvalue weighted by molar-refractivity contribution is 7.17. The lowest BCUT2D eigenvalue weighted by molar-refractivity contribution is -0.147. The summed E-state index contributed by atoms with van der Waals surface area (Å²) in [5, 5.41) is 12.9. The van der Waals surface area contributed by atoms with Crippen LogP contribution in [0.1, 0.15) is 33.6 Å². The third-order valence-corrected chi connectivity index (χ3v) is 7.84. The molecule has 3 heterocycles. The van der Waals surface area contributed by atoms with Crippen molar-refractivity contribution in [1.29, 1.82) is 0 Å². The van der Waals surface area contributed by atoms with E-state index in [9.17, 15) is 19.5 Å². The van der Waals surface area contributed by atoms with Crippen LogP contribution >= 0.6 is 11.3 Å². The first kappa shape index (κ1) is 21.0. The number of thiophene rings is 1. The SMILES string of the molecule is COC(=O)c1c(NC(=O)[C@H]2[C@H](C(=O)O)[C@H]3CC[C@H]2O3)sc2c1-c1ccc(OC)cc1CC2. The standard InChI is InChI=1S/C23H23NO7S/c1-29-11-4-5-12-10(9-11)3-8-15-16(12)19(23(28)30-2)21(32-15)24-20(25)17-13-6-7-14(31-13)18(17)22(26)27/h4-5,9,13-14,17-18H,3,6-8H2,1-2H3,(H,24,25)(H,26,27)/t13-,14-,17-,18-/m1/s1. The molecule has 2 aromatic rings. The van der Waals surface area contributed by atoms with Crippen molar-refractivity contribution in [3.05, 3.63) is 34.2 Å². The number of nitrogens with one attached hydrogen (secondary N) is 1. The maximum absolute atomic E-state index is 13.2. The van der Waals surface area contributed by atoms with Gasteiger partial charge in [-0.1, -0.05) is 6.07 Å². The molecule has 2 N–H and O–H groups in total. The molecule has 1 aromatic heterocycles. The summed E-state index contributed by atoms with van der Waals surface area (Å²) >= 11 is 1.34. The predicted octanol–water partition coefficient (Wildman–Crippen LogP) is 3.13. The molecular formula is C23H23NO7S. The fourth-order valence-electron chi connectivity index (χ4n) is 5.24. The number of amides is 1.